The van der Waals surface area contributed by atoms with Crippen molar-refractivity contribution in [1.82, 2.24) is 0 Å². The summed E-state index contributed by atoms with van der Waals surface area (Å²) in [7, 11) is 0. The van der Waals surface area contributed by atoms with E-state index >= 15 is 0 Å². The summed E-state index contributed by atoms with van der Waals surface area (Å²) < 4.78 is 0. The highest BCUT2D eigenvalue weighted by Gasteiger charge is 2.33. The summed E-state index contributed by atoms with van der Waals surface area (Å²) in [6.07, 6.45) is 0.0138. The average Bonchev–Trinajstić information content (AvgIpc) is 2.35. The second-order valence-electron chi connectivity index (χ2n) is 4.62. The van der Waals surface area contributed by atoms with Gasteiger partial charge in [-0.25, -0.2) is 0 Å². The minimum absolute atomic E-state index is 0. The Bertz CT molecular complexity index is 573. The fraction of sp³-hybridized carbons (Fsp3) is 0.286. The standard InChI is InChI=1S/C14H14ClNO.ClH/c15-13-12-9(7-11(16)14(13)17)6-5-8-3-1-2-4-10(8)12;/h1-6,11,13-14,17H,7,16H2;1H/t11-,13-,14-;/m1./s1. The topological polar surface area (TPSA) is 46.2 Å². The fourth-order valence-electron chi connectivity index (χ4n) is 2.61. The lowest BCUT2D eigenvalue weighted by Gasteiger charge is -2.32. The van der Waals surface area contributed by atoms with Gasteiger partial charge in [0.1, 0.15) is 0 Å². The molecule has 0 saturated heterocycles. The first-order valence-corrected chi connectivity index (χ1v) is 6.20. The van der Waals surface area contributed by atoms with Crippen LogP contribution in [0.5, 0.6) is 0 Å². The zero-order chi connectivity index (χ0) is 12.0. The van der Waals surface area contributed by atoms with E-state index in [-0.39, 0.29) is 18.4 Å². The summed E-state index contributed by atoms with van der Waals surface area (Å²) in [4.78, 5) is 0. The van der Waals surface area contributed by atoms with E-state index in [0.717, 1.165) is 21.9 Å². The molecule has 2 aromatic rings. The van der Waals surface area contributed by atoms with Gasteiger partial charge >= 0.3 is 0 Å². The Morgan fingerprint density at radius 3 is 2.67 bits per heavy atom. The maximum atomic E-state index is 10.00. The van der Waals surface area contributed by atoms with Crippen molar-refractivity contribution in [3.05, 3.63) is 47.5 Å². The number of fused-ring (bicyclic) bond motifs is 3. The van der Waals surface area contributed by atoms with Crippen LogP contribution in [0.25, 0.3) is 10.8 Å². The molecule has 0 heterocycles. The van der Waals surface area contributed by atoms with E-state index in [1.807, 2.05) is 18.2 Å². The lowest BCUT2D eigenvalue weighted by molar-refractivity contribution is 0.132. The van der Waals surface area contributed by atoms with Gasteiger partial charge in [-0.1, -0.05) is 36.4 Å². The molecule has 18 heavy (non-hydrogen) atoms. The number of hydrogen-bond acceptors (Lipinski definition) is 2. The van der Waals surface area contributed by atoms with Crippen LogP contribution in [0.3, 0.4) is 0 Å². The molecule has 0 amide bonds. The van der Waals surface area contributed by atoms with Crippen molar-refractivity contribution >= 4 is 34.8 Å². The quantitative estimate of drug-likeness (QED) is 0.731. The summed E-state index contributed by atoms with van der Waals surface area (Å²) in [5, 5.41) is 11.9. The molecule has 2 aromatic carbocycles. The van der Waals surface area contributed by atoms with Gasteiger partial charge in [0, 0.05) is 6.04 Å². The Balaban J connectivity index is 0.00000120. The van der Waals surface area contributed by atoms with Crippen LogP contribution >= 0.6 is 24.0 Å². The van der Waals surface area contributed by atoms with Gasteiger partial charge in [-0.2, -0.15) is 0 Å². The van der Waals surface area contributed by atoms with E-state index in [0.29, 0.717) is 6.42 Å². The molecule has 0 aromatic heterocycles. The van der Waals surface area contributed by atoms with Crippen molar-refractivity contribution in [1.29, 1.82) is 0 Å². The smallest absolute Gasteiger partial charge is 0.0899 e. The summed E-state index contributed by atoms with van der Waals surface area (Å²) in [5.74, 6) is 0. The fourth-order valence-corrected chi connectivity index (χ4v) is 3.05. The van der Waals surface area contributed by atoms with Gasteiger partial charge < -0.3 is 10.8 Å². The molecule has 4 heteroatoms. The lowest BCUT2D eigenvalue weighted by Crippen LogP contribution is -2.42. The Labute approximate surface area is 117 Å². The van der Waals surface area contributed by atoms with E-state index < -0.39 is 11.5 Å². The third-order valence-electron chi connectivity index (χ3n) is 3.53. The van der Waals surface area contributed by atoms with Crippen molar-refractivity contribution in [2.75, 3.05) is 0 Å². The SMILES string of the molecule is Cl.N[C@@H]1Cc2ccc3ccccc3c2[C@@H](Cl)[C@@H]1O. The highest BCUT2D eigenvalue weighted by atomic mass is 35.5. The number of nitrogens with two attached hydrogens (primary N) is 1. The van der Waals surface area contributed by atoms with E-state index in [9.17, 15) is 5.11 Å². The van der Waals surface area contributed by atoms with Gasteiger partial charge in [0.2, 0.25) is 0 Å². The van der Waals surface area contributed by atoms with Crippen LogP contribution in [0.4, 0.5) is 0 Å². The van der Waals surface area contributed by atoms with Crippen LogP contribution in [0, 0.1) is 0 Å². The molecule has 0 spiro atoms. The Morgan fingerprint density at radius 1 is 1.17 bits per heavy atom. The first-order valence-electron chi connectivity index (χ1n) is 5.76. The zero-order valence-corrected chi connectivity index (χ0v) is 11.3. The number of alkyl halides is 1. The van der Waals surface area contributed by atoms with Crippen molar-refractivity contribution in [2.45, 2.75) is 23.9 Å². The highest BCUT2D eigenvalue weighted by Crippen LogP contribution is 2.38. The molecule has 1 aliphatic carbocycles. The molecular formula is C14H15Cl2NO. The first-order chi connectivity index (χ1) is 8.18. The van der Waals surface area contributed by atoms with Gasteiger partial charge in [-0.05, 0) is 28.3 Å². The minimum atomic E-state index is -0.671. The summed E-state index contributed by atoms with van der Waals surface area (Å²) >= 11 is 6.34. The predicted molar refractivity (Wildman–Crippen MR) is 77.5 cm³/mol. The van der Waals surface area contributed by atoms with Crippen LogP contribution < -0.4 is 5.73 Å². The number of benzene rings is 2. The zero-order valence-electron chi connectivity index (χ0n) is 9.71. The monoisotopic (exact) mass is 283 g/mol. The number of aliphatic hydroxyl groups excluding tert-OH is 1. The van der Waals surface area contributed by atoms with Crippen molar-refractivity contribution in [3.63, 3.8) is 0 Å². The molecule has 0 radical (unpaired) electrons. The second-order valence-corrected chi connectivity index (χ2v) is 5.09. The molecule has 2 nitrogen and oxygen atoms in total. The number of rotatable bonds is 0. The van der Waals surface area contributed by atoms with Crippen molar-refractivity contribution in [3.8, 4) is 0 Å². The number of hydrogen-bond donors (Lipinski definition) is 2. The van der Waals surface area contributed by atoms with Crippen molar-refractivity contribution in [2.24, 2.45) is 5.73 Å². The largest absolute Gasteiger partial charge is 0.390 e. The predicted octanol–water partition coefficient (Wildman–Crippen LogP) is 2.79. The first kappa shape index (κ1) is 13.6. The summed E-state index contributed by atoms with van der Waals surface area (Å²) in [6, 6.07) is 12.0. The molecule has 96 valence electrons. The third-order valence-corrected chi connectivity index (χ3v) is 4.01. The molecule has 0 fully saturated rings. The van der Waals surface area contributed by atoms with E-state index in [1.54, 1.807) is 0 Å². The van der Waals surface area contributed by atoms with E-state index in [1.165, 1.54) is 0 Å². The summed E-state index contributed by atoms with van der Waals surface area (Å²) in [5.41, 5.74) is 8.09. The maximum absolute atomic E-state index is 10.00. The van der Waals surface area contributed by atoms with Gasteiger partial charge in [-0.3, -0.25) is 0 Å². The molecular weight excluding hydrogens is 269 g/mol. The van der Waals surface area contributed by atoms with Crippen LogP contribution in [-0.2, 0) is 6.42 Å². The van der Waals surface area contributed by atoms with Crippen molar-refractivity contribution < 1.29 is 5.11 Å². The Hall–Kier alpha value is -0.800. The summed E-state index contributed by atoms with van der Waals surface area (Å²) in [6.45, 7) is 0. The van der Waals surface area contributed by atoms with Crippen LogP contribution in [0.2, 0.25) is 0 Å². The second kappa shape index (κ2) is 5.06. The van der Waals surface area contributed by atoms with E-state index in [2.05, 4.69) is 18.2 Å². The van der Waals surface area contributed by atoms with Gasteiger partial charge in [0.15, 0.2) is 0 Å². The van der Waals surface area contributed by atoms with Gasteiger partial charge in [0.25, 0.3) is 0 Å². The Kier molecular flexibility index (Phi) is 3.83. The van der Waals surface area contributed by atoms with Crippen LogP contribution in [0.15, 0.2) is 36.4 Å². The molecule has 3 rings (SSSR count). The van der Waals surface area contributed by atoms with Crippen LogP contribution in [0.1, 0.15) is 16.5 Å². The molecule has 1 aliphatic rings. The molecule has 0 unspecified atom stereocenters. The van der Waals surface area contributed by atoms with E-state index in [4.69, 9.17) is 17.3 Å². The average molecular weight is 284 g/mol. The van der Waals surface area contributed by atoms with Gasteiger partial charge in [0.05, 0.1) is 11.5 Å². The van der Waals surface area contributed by atoms with Gasteiger partial charge in [-0.15, -0.1) is 24.0 Å². The van der Waals surface area contributed by atoms with Crippen LogP contribution in [-0.4, -0.2) is 17.3 Å². The molecule has 0 bridgehead atoms. The molecule has 3 N–H and O–H groups in total. The number of aliphatic hydroxyl groups is 1. The molecule has 0 aliphatic heterocycles. The highest BCUT2D eigenvalue weighted by molar-refractivity contribution is 6.22. The minimum Gasteiger partial charge on any atom is -0.390 e. The lowest BCUT2D eigenvalue weighted by atomic mass is 9.83. The normalized spacial score (nSPS) is 26.5. The third kappa shape index (κ3) is 1.99. The molecule has 0 saturated carbocycles. The maximum Gasteiger partial charge on any atom is 0.0899 e. The Morgan fingerprint density at radius 2 is 1.89 bits per heavy atom. The number of halogens is 2. The molecule has 3 atom stereocenters.